The molecule has 2 aromatic rings. The van der Waals surface area contributed by atoms with E-state index in [0.717, 1.165) is 24.0 Å². The highest BCUT2D eigenvalue weighted by Crippen LogP contribution is 2.34. The molecule has 0 radical (unpaired) electrons. The summed E-state index contributed by atoms with van der Waals surface area (Å²) in [6.07, 6.45) is -4.45. The Hall–Kier alpha value is -1.71. The molecule has 1 saturated carbocycles. The molecule has 1 aliphatic heterocycles. The third kappa shape index (κ3) is 4.73. The number of benzene rings is 2. The van der Waals surface area contributed by atoms with Crippen molar-refractivity contribution in [1.29, 1.82) is 0 Å². The van der Waals surface area contributed by atoms with Crippen LogP contribution in [0.4, 0.5) is 0 Å². The van der Waals surface area contributed by atoms with Gasteiger partial charge < -0.3 is 35.0 Å². The lowest BCUT2D eigenvalue weighted by Crippen LogP contribution is -2.55. The average molecular weight is 451 g/mol. The van der Waals surface area contributed by atoms with Gasteiger partial charge in [-0.05, 0) is 54.2 Å². The molecule has 2 aliphatic rings. The van der Waals surface area contributed by atoms with Crippen LogP contribution in [0.3, 0.4) is 0 Å². The van der Waals surface area contributed by atoms with Crippen LogP contribution in [0.5, 0.6) is 5.75 Å². The fraction of sp³-hybridized carbons (Fsp3) is 0.478. The Morgan fingerprint density at radius 3 is 2.29 bits per heavy atom. The van der Waals surface area contributed by atoms with Gasteiger partial charge in [0, 0.05) is 5.02 Å². The van der Waals surface area contributed by atoms with Gasteiger partial charge >= 0.3 is 0 Å². The molecule has 0 aromatic heterocycles. The molecule has 5 unspecified atom stereocenters. The van der Waals surface area contributed by atoms with E-state index in [2.05, 4.69) is 0 Å². The first-order chi connectivity index (χ1) is 14.9. The summed E-state index contributed by atoms with van der Waals surface area (Å²) in [5.41, 5.74) is 2.39. The number of hydrogen-bond donors (Lipinski definition) is 5. The quantitative estimate of drug-likeness (QED) is 0.450. The van der Waals surface area contributed by atoms with E-state index in [4.69, 9.17) is 21.1 Å². The van der Waals surface area contributed by atoms with E-state index in [1.54, 1.807) is 18.2 Å². The molecule has 4 rings (SSSR count). The molecule has 0 spiro atoms. The lowest BCUT2D eigenvalue weighted by atomic mass is 9.90. The molecule has 1 saturated heterocycles. The Morgan fingerprint density at radius 1 is 0.935 bits per heavy atom. The molecule has 5 N–H and O–H groups in total. The summed E-state index contributed by atoms with van der Waals surface area (Å²) in [5, 5.41) is 50.1. The van der Waals surface area contributed by atoms with Gasteiger partial charge in [-0.3, -0.25) is 0 Å². The van der Waals surface area contributed by atoms with Crippen LogP contribution in [-0.4, -0.2) is 68.8 Å². The minimum absolute atomic E-state index is 0.143. The number of aliphatic hydroxyl groups is 5. The summed E-state index contributed by atoms with van der Waals surface area (Å²) in [6.45, 7) is -0.478. The predicted octanol–water partition coefficient (Wildman–Crippen LogP) is 1.35. The molecule has 2 fully saturated rings. The van der Waals surface area contributed by atoms with Gasteiger partial charge in [0.1, 0.15) is 42.4 Å². The molecule has 7 atom stereocenters. The molecule has 0 bridgehead atoms. The SMILES string of the molecule is OCC1OC(c2ccc(Cl)c(Cc3ccc(OC4CCC4O)cc3)c2)[C@H](O)C(O)[C@@H]1O. The first-order valence-electron chi connectivity index (χ1n) is 10.4. The highest BCUT2D eigenvalue weighted by atomic mass is 35.5. The molecule has 7 nitrogen and oxygen atoms in total. The Morgan fingerprint density at radius 2 is 1.68 bits per heavy atom. The standard InChI is InChI=1S/C23H27ClO7/c24-16-6-3-13(23-22(29)21(28)20(27)19(11-25)31-23)10-14(16)9-12-1-4-15(5-2-12)30-18-8-7-17(18)26/h1-6,10,17-23,25-29H,7-9,11H2/t17?,18?,19?,20-,21?,22-,23?/m1/s1. The zero-order chi connectivity index (χ0) is 22.1. The molecule has 8 heteroatoms. The summed E-state index contributed by atoms with van der Waals surface area (Å²) in [5.74, 6) is 0.702. The molecule has 1 heterocycles. The summed E-state index contributed by atoms with van der Waals surface area (Å²) >= 11 is 6.39. The van der Waals surface area contributed by atoms with Crippen LogP contribution in [0.25, 0.3) is 0 Å². The number of hydrogen-bond acceptors (Lipinski definition) is 7. The van der Waals surface area contributed by atoms with Crippen molar-refractivity contribution in [3.63, 3.8) is 0 Å². The topological polar surface area (TPSA) is 120 Å². The number of rotatable bonds is 6. The molecule has 168 valence electrons. The minimum atomic E-state index is -1.43. The fourth-order valence-corrected chi connectivity index (χ4v) is 4.14. The third-order valence-corrected chi connectivity index (χ3v) is 6.44. The summed E-state index contributed by atoms with van der Waals surface area (Å²) in [7, 11) is 0. The average Bonchev–Trinajstić information content (AvgIpc) is 2.78. The van der Waals surface area contributed by atoms with E-state index in [1.165, 1.54) is 0 Å². The monoisotopic (exact) mass is 450 g/mol. The van der Waals surface area contributed by atoms with Gasteiger partial charge in [0.05, 0.1) is 12.7 Å². The number of halogens is 1. The van der Waals surface area contributed by atoms with E-state index < -0.39 is 43.2 Å². The minimum Gasteiger partial charge on any atom is -0.488 e. The van der Waals surface area contributed by atoms with Gasteiger partial charge in [-0.25, -0.2) is 0 Å². The second kappa shape index (κ2) is 9.42. The van der Waals surface area contributed by atoms with Crippen molar-refractivity contribution >= 4 is 11.6 Å². The molecule has 1 aliphatic carbocycles. The van der Waals surface area contributed by atoms with Crippen LogP contribution in [0, 0.1) is 0 Å². The first kappa shape index (κ1) is 22.5. The normalized spacial score (nSPS) is 33.0. The maximum absolute atomic E-state index is 10.4. The van der Waals surface area contributed by atoms with Crippen molar-refractivity contribution < 1.29 is 35.0 Å². The van der Waals surface area contributed by atoms with E-state index in [1.807, 2.05) is 24.3 Å². The lowest BCUT2D eigenvalue weighted by Gasteiger charge is -2.40. The lowest BCUT2D eigenvalue weighted by molar-refractivity contribution is -0.231. The second-order valence-electron chi connectivity index (χ2n) is 8.22. The van der Waals surface area contributed by atoms with Gasteiger partial charge in [0.15, 0.2) is 0 Å². The summed E-state index contributed by atoms with van der Waals surface area (Å²) < 4.78 is 11.4. The van der Waals surface area contributed by atoms with Crippen molar-refractivity contribution in [2.75, 3.05) is 6.61 Å². The van der Waals surface area contributed by atoms with Crippen LogP contribution in [0.1, 0.15) is 35.6 Å². The molecular formula is C23H27ClO7. The van der Waals surface area contributed by atoms with Crippen LogP contribution < -0.4 is 4.74 Å². The zero-order valence-corrected chi connectivity index (χ0v) is 17.6. The van der Waals surface area contributed by atoms with Gasteiger partial charge in [0.25, 0.3) is 0 Å². The Kier molecular flexibility index (Phi) is 6.83. The van der Waals surface area contributed by atoms with Crippen LogP contribution in [0.15, 0.2) is 42.5 Å². The first-order valence-corrected chi connectivity index (χ1v) is 10.8. The second-order valence-corrected chi connectivity index (χ2v) is 8.63. The van der Waals surface area contributed by atoms with Crippen molar-refractivity contribution in [2.45, 2.75) is 62.0 Å². The third-order valence-electron chi connectivity index (χ3n) is 6.07. The van der Waals surface area contributed by atoms with Crippen LogP contribution in [-0.2, 0) is 11.2 Å². The Balaban J connectivity index is 1.49. The van der Waals surface area contributed by atoms with E-state index >= 15 is 0 Å². The molecule has 2 aromatic carbocycles. The molecule has 0 amide bonds. The Bertz CT molecular complexity index is 888. The fourth-order valence-electron chi connectivity index (χ4n) is 3.95. The van der Waals surface area contributed by atoms with Crippen molar-refractivity contribution in [2.24, 2.45) is 0 Å². The van der Waals surface area contributed by atoms with E-state index in [9.17, 15) is 25.5 Å². The summed E-state index contributed by atoms with van der Waals surface area (Å²) in [6, 6.07) is 12.8. The van der Waals surface area contributed by atoms with Gasteiger partial charge in [-0.1, -0.05) is 35.9 Å². The van der Waals surface area contributed by atoms with Gasteiger partial charge in [0.2, 0.25) is 0 Å². The van der Waals surface area contributed by atoms with Crippen molar-refractivity contribution in [1.82, 2.24) is 0 Å². The molecular weight excluding hydrogens is 424 g/mol. The van der Waals surface area contributed by atoms with Gasteiger partial charge in [-0.15, -0.1) is 0 Å². The number of ether oxygens (including phenoxy) is 2. The van der Waals surface area contributed by atoms with Gasteiger partial charge in [-0.2, -0.15) is 0 Å². The van der Waals surface area contributed by atoms with E-state index in [-0.39, 0.29) is 6.10 Å². The van der Waals surface area contributed by atoms with Crippen molar-refractivity contribution in [3.8, 4) is 5.75 Å². The maximum Gasteiger partial charge on any atom is 0.125 e. The maximum atomic E-state index is 10.4. The van der Waals surface area contributed by atoms with Crippen LogP contribution >= 0.6 is 11.6 Å². The predicted molar refractivity (Wildman–Crippen MR) is 113 cm³/mol. The van der Waals surface area contributed by atoms with Crippen molar-refractivity contribution in [3.05, 3.63) is 64.2 Å². The van der Waals surface area contributed by atoms with Crippen LogP contribution in [0.2, 0.25) is 5.02 Å². The Labute approximate surface area is 185 Å². The zero-order valence-electron chi connectivity index (χ0n) is 16.8. The highest BCUT2D eigenvalue weighted by Gasteiger charge is 2.44. The number of aliphatic hydroxyl groups excluding tert-OH is 5. The molecule has 31 heavy (non-hydrogen) atoms. The largest absolute Gasteiger partial charge is 0.488 e. The van der Waals surface area contributed by atoms with E-state index in [0.29, 0.717) is 22.8 Å². The highest BCUT2D eigenvalue weighted by molar-refractivity contribution is 6.31. The smallest absolute Gasteiger partial charge is 0.125 e. The summed E-state index contributed by atoms with van der Waals surface area (Å²) in [4.78, 5) is 0.